The van der Waals surface area contributed by atoms with Crippen molar-refractivity contribution >= 4 is 75.9 Å². The Kier molecular flexibility index (Phi) is 4.21. The normalized spacial score (nSPS) is 12.1. The van der Waals surface area contributed by atoms with E-state index in [1.165, 1.54) is 70.5 Å². The maximum atomic E-state index is 4.61. The van der Waals surface area contributed by atoms with Crippen LogP contribution < -0.4 is 0 Å². The summed E-state index contributed by atoms with van der Waals surface area (Å²) in [6.45, 7) is 0. The molecule has 0 atom stereocenters. The fourth-order valence-electron chi connectivity index (χ4n) is 6.39. The number of fused-ring (bicyclic) bond motifs is 9. The van der Waals surface area contributed by atoms with Gasteiger partial charge in [0, 0.05) is 27.2 Å². The molecular formula is C35H21N3S. The predicted octanol–water partition coefficient (Wildman–Crippen LogP) is 9.64. The van der Waals surface area contributed by atoms with E-state index in [4.69, 9.17) is 0 Å². The van der Waals surface area contributed by atoms with Gasteiger partial charge < -0.3 is 9.13 Å². The minimum Gasteiger partial charge on any atom is -0.309 e. The summed E-state index contributed by atoms with van der Waals surface area (Å²) in [5.74, 6) is 0. The molecule has 6 aromatic carbocycles. The Hall–Kier alpha value is -4.93. The predicted molar refractivity (Wildman–Crippen MR) is 166 cm³/mol. The van der Waals surface area contributed by atoms with E-state index in [0.29, 0.717) is 0 Å². The second kappa shape index (κ2) is 7.79. The molecule has 9 aromatic rings. The highest BCUT2D eigenvalue weighted by atomic mass is 32.1. The van der Waals surface area contributed by atoms with Gasteiger partial charge in [0.15, 0.2) is 0 Å². The van der Waals surface area contributed by atoms with Crippen molar-refractivity contribution < 1.29 is 0 Å². The fourth-order valence-corrected chi connectivity index (χ4v) is 7.19. The van der Waals surface area contributed by atoms with E-state index in [1.807, 2.05) is 5.51 Å². The van der Waals surface area contributed by atoms with Crippen molar-refractivity contribution in [3.8, 4) is 11.4 Å². The van der Waals surface area contributed by atoms with Gasteiger partial charge in [0.05, 0.1) is 43.5 Å². The molecule has 182 valence electrons. The summed E-state index contributed by atoms with van der Waals surface area (Å²) < 4.78 is 6.09. The molecular weight excluding hydrogens is 494 g/mol. The molecule has 3 heterocycles. The Morgan fingerprint density at radius 2 is 1.33 bits per heavy atom. The number of nitrogens with zero attached hydrogens (tertiary/aromatic N) is 3. The van der Waals surface area contributed by atoms with Crippen LogP contribution in [0.4, 0.5) is 0 Å². The lowest BCUT2D eigenvalue weighted by Crippen LogP contribution is -1.95. The quantitative estimate of drug-likeness (QED) is 0.225. The van der Waals surface area contributed by atoms with Crippen LogP contribution in [0.3, 0.4) is 0 Å². The number of para-hydroxylation sites is 2. The summed E-state index contributed by atoms with van der Waals surface area (Å²) in [6, 6.07) is 44.0. The summed E-state index contributed by atoms with van der Waals surface area (Å²) in [4.78, 5) is 4.61. The number of aromatic nitrogens is 3. The van der Waals surface area contributed by atoms with E-state index in [-0.39, 0.29) is 0 Å². The van der Waals surface area contributed by atoms with Crippen LogP contribution in [0.1, 0.15) is 0 Å². The molecule has 0 radical (unpaired) electrons. The van der Waals surface area contributed by atoms with Crippen molar-refractivity contribution in [1.82, 2.24) is 14.1 Å². The Morgan fingerprint density at radius 1 is 0.538 bits per heavy atom. The highest BCUT2D eigenvalue weighted by Gasteiger charge is 2.21. The first-order valence-electron chi connectivity index (χ1n) is 13.1. The molecule has 0 saturated heterocycles. The molecule has 0 N–H and O–H groups in total. The van der Waals surface area contributed by atoms with Gasteiger partial charge >= 0.3 is 0 Å². The molecule has 0 aliphatic carbocycles. The highest BCUT2D eigenvalue weighted by molar-refractivity contribution is 7.17. The Bertz CT molecular complexity index is 2390. The zero-order chi connectivity index (χ0) is 25.5. The monoisotopic (exact) mass is 515 g/mol. The first-order valence-corrected chi connectivity index (χ1v) is 14.0. The van der Waals surface area contributed by atoms with Gasteiger partial charge in [-0.2, -0.15) is 0 Å². The summed E-state index contributed by atoms with van der Waals surface area (Å²) in [5, 5.41) is 7.58. The Balaban J connectivity index is 1.55. The van der Waals surface area contributed by atoms with Crippen LogP contribution in [0.25, 0.3) is 76.0 Å². The first kappa shape index (κ1) is 21.1. The molecule has 0 unspecified atom stereocenters. The SMILES string of the molecule is c1ccc(-n2c3cc4ccccc4cc3c3ccc4c(c5ccccc5n4-c4cccc5ncsc45)c32)cc1. The number of hydrogen-bond donors (Lipinski definition) is 0. The van der Waals surface area contributed by atoms with E-state index in [9.17, 15) is 0 Å². The molecule has 0 spiro atoms. The van der Waals surface area contributed by atoms with Crippen LogP contribution >= 0.6 is 11.3 Å². The molecule has 0 fully saturated rings. The van der Waals surface area contributed by atoms with Crippen molar-refractivity contribution in [2.24, 2.45) is 0 Å². The average molecular weight is 516 g/mol. The second-order valence-electron chi connectivity index (χ2n) is 10.1. The molecule has 3 nitrogen and oxygen atoms in total. The number of hydrogen-bond acceptors (Lipinski definition) is 2. The number of benzene rings is 6. The fraction of sp³-hybridized carbons (Fsp3) is 0. The van der Waals surface area contributed by atoms with Gasteiger partial charge in [-0.3, -0.25) is 0 Å². The van der Waals surface area contributed by atoms with Crippen molar-refractivity contribution in [3.63, 3.8) is 0 Å². The zero-order valence-corrected chi connectivity index (χ0v) is 21.7. The average Bonchev–Trinajstić information content (AvgIpc) is 3.69. The van der Waals surface area contributed by atoms with Gasteiger partial charge in [0.1, 0.15) is 0 Å². The van der Waals surface area contributed by atoms with Crippen LogP contribution in [0.2, 0.25) is 0 Å². The topological polar surface area (TPSA) is 22.8 Å². The largest absolute Gasteiger partial charge is 0.309 e. The van der Waals surface area contributed by atoms with Crippen molar-refractivity contribution in [2.75, 3.05) is 0 Å². The maximum absolute atomic E-state index is 4.61. The Morgan fingerprint density at radius 3 is 2.23 bits per heavy atom. The molecule has 9 rings (SSSR count). The van der Waals surface area contributed by atoms with Gasteiger partial charge in [-0.05, 0) is 59.3 Å². The lowest BCUT2D eigenvalue weighted by atomic mass is 10.0. The van der Waals surface area contributed by atoms with E-state index in [0.717, 1.165) is 5.52 Å². The third kappa shape index (κ3) is 2.84. The second-order valence-corrected chi connectivity index (χ2v) is 10.9. The minimum absolute atomic E-state index is 1.04. The van der Waals surface area contributed by atoms with E-state index < -0.39 is 0 Å². The van der Waals surface area contributed by atoms with Crippen LogP contribution in [-0.2, 0) is 0 Å². The maximum Gasteiger partial charge on any atom is 0.0833 e. The molecule has 39 heavy (non-hydrogen) atoms. The molecule has 4 heteroatoms. The van der Waals surface area contributed by atoms with Crippen molar-refractivity contribution in [1.29, 1.82) is 0 Å². The van der Waals surface area contributed by atoms with Gasteiger partial charge in [-0.25, -0.2) is 4.98 Å². The summed E-state index contributed by atoms with van der Waals surface area (Å²) in [7, 11) is 0. The minimum atomic E-state index is 1.04. The molecule has 0 aliphatic rings. The first-order chi connectivity index (χ1) is 19.4. The van der Waals surface area contributed by atoms with Crippen LogP contribution in [0.5, 0.6) is 0 Å². The lowest BCUT2D eigenvalue weighted by Gasteiger charge is -2.10. The van der Waals surface area contributed by atoms with Gasteiger partial charge in [0.25, 0.3) is 0 Å². The number of rotatable bonds is 2. The van der Waals surface area contributed by atoms with E-state index >= 15 is 0 Å². The summed E-state index contributed by atoms with van der Waals surface area (Å²) in [5.41, 5.74) is 10.2. The molecule has 0 saturated carbocycles. The van der Waals surface area contributed by atoms with Gasteiger partial charge in [0.2, 0.25) is 0 Å². The third-order valence-corrected chi connectivity index (χ3v) is 8.89. The summed E-state index contributed by atoms with van der Waals surface area (Å²) in [6.07, 6.45) is 0. The van der Waals surface area contributed by atoms with E-state index in [2.05, 4.69) is 135 Å². The Labute approximate surface area is 227 Å². The lowest BCUT2D eigenvalue weighted by molar-refractivity contribution is 1.18. The van der Waals surface area contributed by atoms with Crippen molar-refractivity contribution in [2.45, 2.75) is 0 Å². The molecule has 0 aliphatic heterocycles. The van der Waals surface area contributed by atoms with E-state index in [1.54, 1.807) is 11.3 Å². The van der Waals surface area contributed by atoms with Gasteiger partial charge in [-0.1, -0.05) is 72.8 Å². The third-order valence-electron chi connectivity index (χ3n) is 8.02. The highest BCUT2D eigenvalue weighted by Crippen LogP contribution is 2.43. The zero-order valence-electron chi connectivity index (χ0n) is 20.9. The molecule has 0 bridgehead atoms. The summed E-state index contributed by atoms with van der Waals surface area (Å²) >= 11 is 1.70. The number of thiazole rings is 1. The van der Waals surface area contributed by atoms with Gasteiger partial charge in [-0.15, -0.1) is 11.3 Å². The van der Waals surface area contributed by atoms with Crippen LogP contribution in [0, 0.1) is 0 Å². The van der Waals surface area contributed by atoms with Crippen LogP contribution in [-0.4, -0.2) is 14.1 Å². The standard InChI is InChI=1S/C35H21N3S/c1-2-11-24(12-3-1)37-32-20-23-10-5-4-9-22(23)19-27(32)25-17-18-30-33(34(25)37)26-13-6-7-15-29(26)38(30)31-16-8-14-28-35(31)39-21-36-28/h1-21H. The van der Waals surface area contributed by atoms with Crippen molar-refractivity contribution in [3.05, 3.63) is 127 Å². The van der Waals surface area contributed by atoms with Crippen LogP contribution in [0.15, 0.2) is 127 Å². The smallest absolute Gasteiger partial charge is 0.0833 e. The molecule has 3 aromatic heterocycles. The molecule has 0 amide bonds.